The van der Waals surface area contributed by atoms with E-state index in [4.69, 9.17) is 0 Å². The SMILES string of the molecule is Cl.O=C([O-])[C@@H]1CCCCN1.[H+]. The number of carboxylic acids is 1. The number of hydrogen-bond donors (Lipinski definition) is 1. The molecule has 0 aromatic heterocycles. The molecule has 0 aliphatic carbocycles. The smallest absolute Gasteiger partial charge is 0.548 e. The number of aliphatic carboxylic acids is 1. The lowest BCUT2D eigenvalue weighted by Crippen LogP contribution is -2.47. The van der Waals surface area contributed by atoms with Crippen LogP contribution in [0.25, 0.3) is 0 Å². The molecule has 0 unspecified atom stereocenters. The van der Waals surface area contributed by atoms with Crippen molar-refractivity contribution in [2.24, 2.45) is 0 Å². The summed E-state index contributed by atoms with van der Waals surface area (Å²) in [7, 11) is 0. The van der Waals surface area contributed by atoms with Crippen LogP contribution in [0.4, 0.5) is 0 Å². The molecule has 0 saturated carbocycles. The molecule has 1 rings (SSSR count). The number of carbonyl (C=O) groups is 1. The lowest BCUT2D eigenvalue weighted by Gasteiger charge is -2.23. The first kappa shape index (κ1) is 9.72. The number of hydrogen-bond acceptors (Lipinski definition) is 3. The highest BCUT2D eigenvalue weighted by atomic mass is 35.5. The van der Waals surface area contributed by atoms with Crippen molar-refractivity contribution in [3.63, 3.8) is 0 Å². The van der Waals surface area contributed by atoms with Gasteiger partial charge in [0.05, 0.1) is 5.97 Å². The second kappa shape index (κ2) is 4.52. The second-order valence-electron chi connectivity index (χ2n) is 2.32. The summed E-state index contributed by atoms with van der Waals surface area (Å²) in [5.74, 6) is -0.963. The van der Waals surface area contributed by atoms with E-state index in [2.05, 4.69) is 5.32 Å². The van der Waals surface area contributed by atoms with Crippen LogP contribution in [0.2, 0.25) is 0 Å². The molecule has 0 aromatic carbocycles. The highest BCUT2D eigenvalue weighted by Crippen LogP contribution is 2.05. The Morgan fingerprint density at radius 1 is 1.60 bits per heavy atom. The molecule has 3 nitrogen and oxygen atoms in total. The van der Waals surface area contributed by atoms with E-state index in [1.54, 1.807) is 0 Å². The second-order valence-corrected chi connectivity index (χ2v) is 2.32. The third-order valence-corrected chi connectivity index (χ3v) is 1.59. The third kappa shape index (κ3) is 2.54. The molecular weight excluding hydrogens is 154 g/mol. The van der Waals surface area contributed by atoms with E-state index in [0.717, 1.165) is 25.8 Å². The monoisotopic (exact) mass is 165 g/mol. The Kier molecular flexibility index (Phi) is 4.40. The molecule has 1 saturated heterocycles. The minimum atomic E-state index is -0.963. The van der Waals surface area contributed by atoms with Gasteiger partial charge in [-0.05, 0) is 19.4 Å². The van der Waals surface area contributed by atoms with E-state index in [0.29, 0.717) is 0 Å². The van der Waals surface area contributed by atoms with E-state index >= 15 is 0 Å². The van der Waals surface area contributed by atoms with Gasteiger partial charge in [-0.15, -0.1) is 12.4 Å². The molecule has 4 heteroatoms. The topological polar surface area (TPSA) is 52.2 Å². The number of halogens is 1. The number of rotatable bonds is 1. The van der Waals surface area contributed by atoms with Gasteiger partial charge in [-0.3, -0.25) is 0 Å². The van der Waals surface area contributed by atoms with Crippen LogP contribution in [0.3, 0.4) is 0 Å². The predicted molar refractivity (Wildman–Crippen MR) is 39.0 cm³/mol. The summed E-state index contributed by atoms with van der Waals surface area (Å²) in [6, 6.07) is -0.390. The van der Waals surface area contributed by atoms with Gasteiger partial charge in [-0.1, -0.05) is 6.42 Å². The molecule has 1 atom stereocenters. The molecular formula is C6H12ClNO2. The molecule has 0 aromatic rings. The Morgan fingerprint density at radius 2 is 2.30 bits per heavy atom. The summed E-state index contributed by atoms with van der Waals surface area (Å²) in [5, 5.41) is 13.0. The van der Waals surface area contributed by atoms with Gasteiger partial charge in [0.15, 0.2) is 0 Å². The number of nitrogens with one attached hydrogen (secondary N) is 1. The Morgan fingerprint density at radius 3 is 2.60 bits per heavy atom. The summed E-state index contributed by atoms with van der Waals surface area (Å²) in [6.45, 7) is 0.818. The van der Waals surface area contributed by atoms with Crippen molar-refractivity contribution >= 4 is 18.4 Å². The molecule has 1 heterocycles. The van der Waals surface area contributed by atoms with Crippen molar-refractivity contribution in [3.8, 4) is 0 Å². The quantitative estimate of drug-likeness (QED) is 0.565. The Hall–Kier alpha value is -0.280. The standard InChI is InChI=1S/C6H11NO2.ClH/c8-6(9)5-3-1-2-4-7-5;/h5,7H,1-4H2,(H,8,9);1H/t5-;/m0./s1. The van der Waals surface area contributed by atoms with Gasteiger partial charge in [-0.2, -0.15) is 0 Å². The molecule has 60 valence electrons. The molecule has 0 bridgehead atoms. The highest BCUT2D eigenvalue weighted by molar-refractivity contribution is 5.85. The first-order valence-corrected chi connectivity index (χ1v) is 3.25. The lowest BCUT2D eigenvalue weighted by atomic mass is 10.1. The summed E-state index contributed by atoms with van der Waals surface area (Å²) in [5.41, 5.74) is 0. The fraction of sp³-hybridized carbons (Fsp3) is 0.833. The Balaban J connectivity index is 0. The highest BCUT2D eigenvalue weighted by Gasteiger charge is 2.11. The van der Waals surface area contributed by atoms with Crippen molar-refractivity contribution in [1.82, 2.24) is 5.32 Å². The van der Waals surface area contributed by atoms with E-state index in [1.807, 2.05) is 0 Å². The molecule has 10 heavy (non-hydrogen) atoms. The molecule has 0 radical (unpaired) electrons. The van der Waals surface area contributed by atoms with Crippen LogP contribution in [-0.2, 0) is 4.79 Å². The summed E-state index contributed by atoms with van der Waals surface area (Å²) < 4.78 is 0. The van der Waals surface area contributed by atoms with Crippen LogP contribution >= 0.6 is 12.4 Å². The fourth-order valence-corrected chi connectivity index (χ4v) is 1.05. The number of carbonyl (C=O) groups excluding carboxylic acids is 1. The molecule has 1 aliphatic rings. The zero-order chi connectivity index (χ0) is 6.69. The van der Waals surface area contributed by atoms with Crippen LogP contribution in [0.1, 0.15) is 20.7 Å². The van der Waals surface area contributed by atoms with Gasteiger partial charge >= 0.3 is 1.43 Å². The summed E-state index contributed by atoms with van der Waals surface area (Å²) in [4.78, 5) is 10.2. The van der Waals surface area contributed by atoms with Crippen molar-refractivity contribution in [3.05, 3.63) is 0 Å². The van der Waals surface area contributed by atoms with E-state index in [9.17, 15) is 9.90 Å². The Labute approximate surface area is 67.7 Å². The van der Waals surface area contributed by atoms with Gasteiger partial charge in [0.25, 0.3) is 0 Å². The maximum atomic E-state index is 10.2. The van der Waals surface area contributed by atoms with Crippen LogP contribution < -0.4 is 10.4 Å². The minimum absolute atomic E-state index is 0. The molecule has 1 fully saturated rings. The van der Waals surface area contributed by atoms with Crippen LogP contribution in [-0.4, -0.2) is 18.6 Å². The lowest BCUT2D eigenvalue weighted by molar-refractivity contribution is -0.308. The van der Waals surface area contributed by atoms with Gasteiger partial charge < -0.3 is 15.2 Å². The third-order valence-electron chi connectivity index (χ3n) is 1.59. The average Bonchev–Trinajstić information content (AvgIpc) is 1.90. The largest absolute Gasteiger partial charge is 1.00 e. The van der Waals surface area contributed by atoms with Crippen LogP contribution in [0, 0.1) is 0 Å². The molecule has 0 amide bonds. The van der Waals surface area contributed by atoms with E-state index in [-0.39, 0.29) is 13.8 Å². The first-order valence-electron chi connectivity index (χ1n) is 3.25. The van der Waals surface area contributed by atoms with E-state index in [1.165, 1.54) is 0 Å². The van der Waals surface area contributed by atoms with E-state index < -0.39 is 12.0 Å². The minimum Gasteiger partial charge on any atom is -0.548 e. The fourth-order valence-electron chi connectivity index (χ4n) is 1.05. The van der Waals surface area contributed by atoms with Gasteiger partial charge in [0.2, 0.25) is 0 Å². The molecule has 1 N–H and O–H groups in total. The van der Waals surface area contributed by atoms with Crippen molar-refractivity contribution < 1.29 is 11.3 Å². The maximum Gasteiger partial charge on any atom is 1.00 e. The first-order chi connectivity index (χ1) is 4.30. The zero-order valence-corrected chi connectivity index (χ0v) is 6.45. The zero-order valence-electron chi connectivity index (χ0n) is 6.63. The average molecular weight is 166 g/mol. The summed E-state index contributed by atoms with van der Waals surface area (Å²) >= 11 is 0. The maximum absolute atomic E-state index is 10.2. The van der Waals surface area contributed by atoms with Gasteiger partial charge in [0.1, 0.15) is 0 Å². The normalized spacial score (nSPS) is 25.0. The number of piperidine rings is 1. The summed E-state index contributed by atoms with van der Waals surface area (Å²) in [6.07, 6.45) is 2.82. The van der Waals surface area contributed by atoms with Gasteiger partial charge in [0, 0.05) is 6.04 Å². The van der Waals surface area contributed by atoms with Gasteiger partial charge in [-0.25, -0.2) is 0 Å². The van der Waals surface area contributed by atoms with Crippen molar-refractivity contribution in [2.75, 3.05) is 6.54 Å². The van der Waals surface area contributed by atoms with Crippen LogP contribution in [0.5, 0.6) is 0 Å². The number of carboxylic acid groups (broad SMARTS) is 1. The molecule has 0 spiro atoms. The van der Waals surface area contributed by atoms with Crippen LogP contribution in [0.15, 0.2) is 0 Å². The van der Waals surface area contributed by atoms with Crippen molar-refractivity contribution in [2.45, 2.75) is 25.3 Å². The predicted octanol–water partition coefficient (Wildman–Crippen LogP) is -0.587. The molecule has 1 aliphatic heterocycles. The Bertz CT molecular complexity index is 117. The van der Waals surface area contributed by atoms with Crippen molar-refractivity contribution in [1.29, 1.82) is 0 Å².